The first kappa shape index (κ1) is 28.6. The molecule has 5 rings (SSSR count). The molecule has 214 valence electrons. The second-order valence-corrected chi connectivity index (χ2v) is 13.5. The molecule has 0 saturated heterocycles. The number of aliphatic hydroxyl groups is 3. The molecule has 0 amide bonds. The average Bonchev–Trinajstić information content (AvgIpc) is 3.44. The summed E-state index contributed by atoms with van der Waals surface area (Å²) in [6.45, 7) is 11.2. The Morgan fingerprint density at radius 2 is 1.92 bits per heavy atom. The molecule has 39 heavy (non-hydrogen) atoms. The van der Waals surface area contributed by atoms with Gasteiger partial charge in [0, 0.05) is 23.2 Å². The van der Waals surface area contributed by atoms with E-state index >= 15 is 0 Å². The smallest absolute Gasteiger partial charge is 0.0831 e. The van der Waals surface area contributed by atoms with Crippen LogP contribution >= 0.6 is 0 Å². The van der Waals surface area contributed by atoms with Crippen molar-refractivity contribution in [3.05, 3.63) is 71.1 Å². The monoisotopic (exact) mass is 533 g/mol. The fraction of sp³-hybridized carbons (Fsp3) is 0.657. The molecule has 4 nitrogen and oxygen atoms in total. The van der Waals surface area contributed by atoms with Crippen LogP contribution in [0.2, 0.25) is 0 Å². The molecule has 4 fully saturated rings. The molecule has 4 N–H and O–H groups in total. The molecule has 0 aromatic carbocycles. The Morgan fingerprint density at radius 1 is 1.13 bits per heavy atom. The van der Waals surface area contributed by atoms with E-state index in [1.165, 1.54) is 55.5 Å². The van der Waals surface area contributed by atoms with Crippen LogP contribution < -0.4 is 0 Å². The number of fused-ring (bicyclic) bond motifs is 1. The van der Waals surface area contributed by atoms with E-state index in [0.717, 1.165) is 36.8 Å². The first-order valence-electron chi connectivity index (χ1n) is 15.7. The number of aromatic nitrogens is 1. The number of aryl methyl sites for hydroxylation is 1. The number of unbranched alkanes of at least 4 members (excludes halogenated alkanes) is 1. The fourth-order valence-electron chi connectivity index (χ4n) is 8.31. The minimum atomic E-state index is -0.635. The molecule has 0 aliphatic heterocycles. The molecule has 0 radical (unpaired) electrons. The highest BCUT2D eigenvalue weighted by molar-refractivity contribution is 5.39. The Bertz CT molecular complexity index is 1120. The van der Waals surface area contributed by atoms with Gasteiger partial charge in [0.1, 0.15) is 0 Å². The highest BCUT2D eigenvalue weighted by atomic mass is 16.3. The van der Waals surface area contributed by atoms with Gasteiger partial charge in [-0.05, 0) is 111 Å². The van der Waals surface area contributed by atoms with Gasteiger partial charge in [0.15, 0.2) is 0 Å². The largest absolute Gasteiger partial charge is 0.393 e. The van der Waals surface area contributed by atoms with Crippen molar-refractivity contribution in [1.29, 1.82) is 0 Å². The maximum absolute atomic E-state index is 11.3. The Labute approximate surface area is 236 Å². The summed E-state index contributed by atoms with van der Waals surface area (Å²) in [5.41, 5.74) is 5.94. The summed E-state index contributed by atoms with van der Waals surface area (Å²) in [7, 11) is 0. The molecule has 0 spiro atoms. The van der Waals surface area contributed by atoms with Crippen LogP contribution in [0.1, 0.15) is 103 Å². The molecule has 7 atom stereocenters. The third kappa shape index (κ3) is 5.67. The first-order valence-corrected chi connectivity index (χ1v) is 15.7. The maximum Gasteiger partial charge on any atom is 0.0831 e. The van der Waals surface area contributed by atoms with Crippen LogP contribution in [0.25, 0.3) is 0 Å². The molecule has 4 saturated carbocycles. The van der Waals surface area contributed by atoms with E-state index in [9.17, 15) is 15.3 Å². The number of allylic oxidation sites excluding steroid dienone is 4. The van der Waals surface area contributed by atoms with Gasteiger partial charge in [0.05, 0.1) is 18.3 Å². The Morgan fingerprint density at radius 3 is 2.67 bits per heavy atom. The Balaban J connectivity index is 1.26. The van der Waals surface area contributed by atoms with Gasteiger partial charge in [0.2, 0.25) is 0 Å². The number of H-pyrrole nitrogens is 1. The van der Waals surface area contributed by atoms with Crippen LogP contribution in [-0.2, 0) is 11.8 Å². The lowest BCUT2D eigenvalue weighted by Crippen LogP contribution is -2.35. The quantitative estimate of drug-likeness (QED) is 0.256. The van der Waals surface area contributed by atoms with Crippen molar-refractivity contribution in [3.63, 3.8) is 0 Å². The number of hydrogen-bond donors (Lipinski definition) is 4. The number of aliphatic hydroxyl groups excluding tert-OH is 3. The van der Waals surface area contributed by atoms with Crippen molar-refractivity contribution in [2.75, 3.05) is 0 Å². The molecule has 4 aliphatic rings. The van der Waals surface area contributed by atoms with E-state index in [1.807, 2.05) is 0 Å². The minimum Gasteiger partial charge on any atom is -0.393 e. The zero-order chi connectivity index (χ0) is 27.8. The molecule has 0 unspecified atom stereocenters. The maximum atomic E-state index is 11.3. The lowest BCUT2D eigenvalue weighted by molar-refractivity contribution is 0.0862. The molecular weight excluding hydrogens is 482 g/mol. The predicted molar refractivity (Wildman–Crippen MR) is 159 cm³/mol. The third-order valence-electron chi connectivity index (χ3n) is 11.0. The van der Waals surface area contributed by atoms with Gasteiger partial charge in [-0.2, -0.15) is 0 Å². The van der Waals surface area contributed by atoms with Crippen LogP contribution in [-0.4, -0.2) is 38.6 Å². The summed E-state index contributed by atoms with van der Waals surface area (Å²) < 4.78 is 0. The average molecular weight is 534 g/mol. The van der Waals surface area contributed by atoms with Crippen molar-refractivity contribution in [1.82, 2.24) is 4.98 Å². The zero-order valence-corrected chi connectivity index (χ0v) is 24.5. The van der Waals surface area contributed by atoms with Crippen LogP contribution in [0.5, 0.6) is 0 Å². The van der Waals surface area contributed by atoms with Gasteiger partial charge in [0.25, 0.3) is 0 Å². The molecule has 0 bridgehead atoms. The van der Waals surface area contributed by atoms with Gasteiger partial charge < -0.3 is 20.3 Å². The highest BCUT2D eigenvalue weighted by Gasteiger charge is 2.52. The summed E-state index contributed by atoms with van der Waals surface area (Å²) in [6, 6.07) is 4.42. The number of rotatable bonds is 9. The van der Waals surface area contributed by atoms with Crippen molar-refractivity contribution in [2.24, 2.45) is 23.2 Å². The summed E-state index contributed by atoms with van der Waals surface area (Å²) in [4.78, 5) is 3.63. The van der Waals surface area contributed by atoms with Crippen molar-refractivity contribution < 1.29 is 15.3 Å². The summed E-state index contributed by atoms with van der Waals surface area (Å²) >= 11 is 0. The fourth-order valence-corrected chi connectivity index (χ4v) is 8.31. The second-order valence-electron chi connectivity index (χ2n) is 13.5. The third-order valence-corrected chi connectivity index (χ3v) is 11.0. The van der Waals surface area contributed by atoms with Crippen LogP contribution in [0, 0.1) is 23.2 Å². The summed E-state index contributed by atoms with van der Waals surface area (Å²) in [6.07, 6.45) is 19.9. The van der Waals surface area contributed by atoms with E-state index in [2.05, 4.69) is 68.8 Å². The Hall–Kier alpha value is -1.88. The van der Waals surface area contributed by atoms with Gasteiger partial charge in [-0.3, -0.25) is 0 Å². The minimum absolute atomic E-state index is 0.124. The molecule has 4 aliphatic carbocycles. The standard InChI is InChI=1S/C35H51NO3/c1-5-6-9-27-13-16-32(36-27)35(19-20-35)33(39)17-10-23(2)29-14-15-30-25(8-7-18-34(29,30)4)11-12-26-21-28(37)22-31(38)24(26)3/h10-13,16-17,23,28-31,33,36-39H,3,5-9,14-15,18-22H2,1-2,4H3/b17-10+,25-11+,26-12-/t23-,28-,29-,30+,31+,33-,34-/m1/s1. The van der Waals surface area contributed by atoms with Crippen molar-refractivity contribution in [2.45, 2.75) is 122 Å². The topological polar surface area (TPSA) is 76.5 Å². The predicted octanol–water partition coefficient (Wildman–Crippen LogP) is 7.08. The van der Waals surface area contributed by atoms with Gasteiger partial charge in [-0.15, -0.1) is 0 Å². The normalized spacial score (nSPS) is 36.0. The molecule has 1 aromatic heterocycles. The van der Waals surface area contributed by atoms with E-state index in [1.54, 1.807) is 0 Å². The lowest BCUT2D eigenvalue weighted by Gasteiger charge is -2.44. The molecule has 4 heteroatoms. The Kier molecular flexibility index (Phi) is 8.48. The van der Waals surface area contributed by atoms with Gasteiger partial charge in [-0.1, -0.05) is 63.6 Å². The van der Waals surface area contributed by atoms with Gasteiger partial charge >= 0.3 is 0 Å². The second kappa shape index (κ2) is 11.5. The number of hydrogen-bond acceptors (Lipinski definition) is 3. The lowest BCUT2D eigenvalue weighted by atomic mass is 9.61. The van der Waals surface area contributed by atoms with Gasteiger partial charge in [-0.25, -0.2) is 0 Å². The molecule has 1 aromatic rings. The number of aromatic amines is 1. The van der Waals surface area contributed by atoms with Crippen molar-refractivity contribution in [3.8, 4) is 0 Å². The first-order chi connectivity index (χ1) is 18.7. The van der Waals surface area contributed by atoms with Crippen molar-refractivity contribution >= 4 is 0 Å². The SMILES string of the molecule is C=C1/C(=C\C=C2/CCC[C@]3(C)[C@@H]([C@H](C)/C=C/[C@@H](O)C4(c5ccc(CCCC)[nH]5)CC4)CC[C@@H]23)C[C@@H](O)C[C@@H]1O. The van der Waals surface area contributed by atoms with E-state index in [-0.39, 0.29) is 10.8 Å². The van der Waals surface area contributed by atoms with Crippen LogP contribution in [0.4, 0.5) is 0 Å². The summed E-state index contributed by atoms with van der Waals surface area (Å²) in [5, 5.41) is 31.7. The number of nitrogens with one attached hydrogen (secondary N) is 1. The van der Waals surface area contributed by atoms with Crippen LogP contribution in [0.15, 0.2) is 59.7 Å². The van der Waals surface area contributed by atoms with E-state index in [0.29, 0.717) is 30.6 Å². The van der Waals surface area contributed by atoms with E-state index in [4.69, 9.17) is 0 Å². The zero-order valence-electron chi connectivity index (χ0n) is 24.5. The highest BCUT2D eigenvalue weighted by Crippen LogP contribution is 2.60. The molecule has 1 heterocycles. The van der Waals surface area contributed by atoms with E-state index < -0.39 is 18.3 Å². The summed E-state index contributed by atoms with van der Waals surface area (Å²) in [5.74, 6) is 1.61. The van der Waals surface area contributed by atoms with Crippen LogP contribution in [0.3, 0.4) is 0 Å². The molecular formula is C35H51NO3.